The lowest BCUT2D eigenvalue weighted by molar-refractivity contribution is -0.161. The fraction of sp³-hybridized carbons (Fsp3) is 0.769. The Kier molecular flexibility index (Phi) is 3.19. The number of nitrogens with zero attached hydrogens (tertiary/aromatic N) is 2. The molecule has 3 aliphatic rings. The average molecular weight is 298 g/mol. The highest BCUT2D eigenvalue weighted by Crippen LogP contribution is 2.46. The Labute approximate surface area is 121 Å². The minimum Gasteiger partial charge on any atom is -0.480 e. The largest absolute Gasteiger partial charge is 0.480 e. The van der Waals surface area contributed by atoms with Crippen molar-refractivity contribution in [3.63, 3.8) is 0 Å². The van der Waals surface area contributed by atoms with Gasteiger partial charge < -0.3 is 14.9 Å². The summed E-state index contributed by atoms with van der Waals surface area (Å²) in [6, 6.07) is -0.746. The predicted molar refractivity (Wildman–Crippen MR) is 73.1 cm³/mol. The van der Waals surface area contributed by atoms with Gasteiger partial charge in [0.15, 0.2) is 0 Å². The van der Waals surface area contributed by atoms with Crippen LogP contribution in [0, 0.1) is 0 Å². The summed E-state index contributed by atoms with van der Waals surface area (Å²) in [4.78, 5) is 39.2. The highest BCUT2D eigenvalue weighted by Gasteiger charge is 2.58. The third kappa shape index (κ3) is 1.75. The molecule has 3 aliphatic heterocycles. The highest BCUT2D eigenvalue weighted by atomic mass is 32.2. The SMILES string of the molecule is CC(=O)N1CCCC12CCC1SC[C@@H](C(=O)O)N1C2=O. The predicted octanol–water partition coefficient (Wildman–Crippen LogP) is 0.516. The molecule has 3 saturated heterocycles. The van der Waals surface area contributed by atoms with Crippen LogP contribution in [0.15, 0.2) is 0 Å². The molecule has 3 heterocycles. The molecular weight excluding hydrogens is 280 g/mol. The number of aliphatic carboxylic acids is 1. The molecule has 3 atom stereocenters. The van der Waals surface area contributed by atoms with Gasteiger partial charge in [0.05, 0.1) is 5.37 Å². The van der Waals surface area contributed by atoms with Crippen LogP contribution < -0.4 is 0 Å². The molecule has 0 saturated carbocycles. The number of piperidine rings is 1. The van der Waals surface area contributed by atoms with Crippen LogP contribution in [0.1, 0.15) is 32.6 Å². The van der Waals surface area contributed by atoms with Crippen molar-refractivity contribution >= 4 is 29.5 Å². The smallest absolute Gasteiger partial charge is 0.327 e. The number of hydrogen-bond donors (Lipinski definition) is 1. The topological polar surface area (TPSA) is 77.9 Å². The first kappa shape index (κ1) is 13.7. The lowest BCUT2D eigenvalue weighted by Crippen LogP contribution is -2.64. The summed E-state index contributed by atoms with van der Waals surface area (Å²) in [5.74, 6) is -0.744. The summed E-state index contributed by atoms with van der Waals surface area (Å²) in [7, 11) is 0. The molecule has 0 aromatic heterocycles. The number of carboxylic acids is 1. The molecule has 0 aromatic rings. The van der Waals surface area contributed by atoms with Gasteiger partial charge in [-0.05, 0) is 25.7 Å². The van der Waals surface area contributed by atoms with Gasteiger partial charge in [-0.2, -0.15) is 0 Å². The maximum atomic E-state index is 12.9. The van der Waals surface area contributed by atoms with Crippen LogP contribution in [0.25, 0.3) is 0 Å². The highest BCUT2D eigenvalue weighted by molar-refractivity contribution is 8.00. The molecule has 3 fully saturated rings. The summed E-state index contributed by atoms with van der Waals surface area (Å²) >= 11 is 1.54. The number of amides is 2. The van der Waals surface area contributed by atoms with Crippen molar-refractivity contribution < 1.29 is 19.5 Å². The van der Waals surface area contributed by atoms with Crippen molar-refractivity contribution in [1.29, 1.82) is 0 Å². The van der Waals surface area contributed by atoms with E-state index in [0.29, 0.717) is 25.1 Å². The van der Waals surface area contributed by atoms with Crippen LogP contribution in [0.5, 0.6) is 0 Å². The first-order chi connectivity index (χ1) is 9.47. The molecule has 2 unspecified atom stereocenters. The lowest BCUT2D eigenvalue weighted by atomic mass is 9.84. The fourth-order valence-electron chi connectivity index (χ4n) is 3.78. The molecule has 6 nitrogen and oxygen atoms in total. The van der Waals surface area contributed by atoms with Gasteiger partial charge in [-0.1, -0.05) is 0 Å². The minimum absolute atomic E-state index is 0.0383. The van der Waals surface area contributed by atoms with Crippen molar-refractivity contribution in [3.8, 4) is 0 Å². The van der Waals surface area contributed by atoms with E-state index >= 15 is 0 Å². The zero-order valence-electron chi connectivity index (χ0n) is 11.4. The summed E-state index contributed by atoms with van der Waals surface area (Å²) in [6.07, 6.45) is 2.90. The van der Waals surface area contributed by atoms with Gasteiger partial charge >= 0.3 is 5.97 Å². The van der Waals surface area contributed by atoms with Crippen LogP contribution in [0.3, 0.4) is 0 Å². The van der Waals surface area contributed by atoms with E-state index in [1.54, 1.807) is 4.90 Å². The van der Waals surface area contributed by atoms with E-state index in [1.807, 2.05) is 0 Å². The number of carboxylic acid groups (broad SMARTS) is 1. The summed E-state index contributed by atoms with van der Waals surface area (Å²) in [5, 5.41) is 9.25. The molecule has 2 amide bonds. The van der Waals surface area contributed by atoms with E-state index in [0.717, 1.165) is 12.8 Å². The van der Waals surface area contributed by atoms with E-state index in [9.17, 15) is 19.5 Å². The van der Waals surface area contributed by atoms with Gasteiger partial charge in [0, 0.05) is 19.2 Å². The normalized spacial score (nSPS) is 36.5. The van der Waals surface area contributed by atoms with E-state index in [-0.39, 0.29) is 17.2 Å². The summed E-state index contributed by atoms with van der Waals surface area (Å²) in [5.41, 5.74) is -0.777. The zero-order chi connectivity index (χ0) is 14.5. The number of rotatable bonds is 1. The molecular formula is C13H18N2O4S. The van der Waals surface area contributed by atoms with E-state index in [4.69, 9.17) is 0 Å². The lowest BCUT2D eigenvalue weighted by Gasteiger charge is -2.46. The molecule has 3 rings (SSSR count). The molecule has 0 bridgehead atoms. The number of thioether (sulfide) groups is 1. The van der Waals surface area contributed by atoms with Crippen LogP contribution in [0.4, 0.5) is 0 Å². The second kappa shape index (κ2) is 4.65. The van der Waals surface area contributed by atoms with Crippen LogP contribution in [0.2, 0.25) is 0 Å². The molecule has 1 spiro atoms. The number of fused-ring (bicyclic) bond motifs is 1. The monoisotopic (exact) mass is 298 g/mol. The third-order valence-electron chi connectivity index (χ3n) is 4.68. The molecule has 0 aliphatic carbocycles. The number of hydrogen-bond acceptors (Lipinski definition) is 4. The van der Waals surface area contributed by atoms with Gasteiger partial charge in [-0.3, -0.25) is 9.59 Å². The van der Waals surface area contributed by atoms with Crippen molar-refractivity contribution in [2.45, 2.75) is 49.6 Å². The van der Waals surface area contributed by atoms with Gasteiger partial charge in [0.25, 0.3) is 0 Å². The molecule has 0 aromatic carbocycles. The zero-order valence-corrected chi connectivity index (χ0v) is 12.2. The van der Waals surface area contributed by atoms with Gasteiger partial charge in [0.2, 0.25) is 11.8 Å². The van der Waals surface area contributed by atoms with E-state index in [1.165, 1.54) is 23.6 Å². The molecule has 0 radical (unpaired) electrons. The van der Waals surface area contributed by atoms with Gasteiger partial charge in [-0.15, -0.1) is 11.8 Å². The second-order valence-electron chi connectivity index (χ2n) is 5.70. The first-order valence-electron chi connectivity index (χ1n) is 6.93. The number of likely N-dealkylation sites (tertiary alicyclic amines) is 1. The first-order valence-corrected chi connectivity index (χ1v) is 7.97. The van der Waals surface area contributed by atoms with Gasteiger partial charge in [0.1, 0.15) is 11.6 Å². The quantitative estimate of drug-likeness (QED) is 0.763. The maximum absolute atomic E-state index is 12.9. The Morgan fingerprint density at radius 2 is 2.15 bits per heavy atom. The Balaban J connectivity index is 1.94. The van der Waals surface area contributed by atoms with Crippen LogP contribution in [-0.4, -0.2) is 61.9 Å². The van der Waals surface area contributed by atoms with Crippen molar-refractivity contribution in [2.24, 2.45) is 0 Å². The number of carbonyl (C=O) groups is 3. The molecule has 1 N–H and O–H groups in total. The van der Waals surface area contributed by atoms with Gasteiger partial charge in [-0.25, -0.2) is 4.79 Å². The summed E-state index contributed by atoms with van der Waals surface area (Å²) < 4.78 is 0. The van der Waals surface area contributed by atoms with E-state index < -0.39 is 17.6 Å². The Bertz CT molecular complexity index is 483. The second-order valence-corrected chi connectivity index (χ2v) is 6.91. The maximum Gasteiger partial charge on any atom is 0.327 e. The van der Waals surface area contributed by atoms with Crippen LogP contribution >= 0.6 is 11.8 Å². The van der Waals surface area contributed by atoms with Crippen molar-refractivity contribution in [2.75, 3.05) is 12.3 Å². The van der Waals surface area contributed by atoms with E-state index in [2.05, 4.69) is 0 Å². The van der Waals surface area contributed by atoms with Crippen molar-refractivity contribution in [1.82, 2.24) is 9.80 Å². The minimum atomic E-state index is -0.947. The third-order valence-corrected chi connectivity index (χ3v) is 6.04. The average Bonchev–Trinajstić information content (AvgIpc) is 2.99. The fourth-order valence-corrected chi connectivity index (χ4v) is 5.17. The molecule has 110 valence electrons. The summed E-state index contributed by atoms with van der Waals surface area (Å²) in [6.45, 7) is 2.09. The molecule has 20 heavy (non-hydrogen) atoms. The van der Waals surface area contributed by atoms with Crippen molar-refractivity contribution in [3.05, 3.63) is 0 Å². The Hall–Kier alpha value is -1.24. The Morgan fingerprint density at radius 3 is 2.80 bits per heavy atom. The standard InChI is InChI=1S/C13H18N2O4S/c1-8(16)14-6-2-4-13(14)5-3-10-15(12(13)19)9(7-20-10)11(17)18/h9-10H,2-7H2,1H3,(H,17,18)/t9-,10?,13?/m0/s1. The van der Waals surface area contributed by atoms with Crippen LogP contribution in [-0.2, 0) is 14.4 Å². The Morgan fingerprint density at radius 1 is 1.40 bits per heavy atom. The number of carbonyl (C=O) groups excluding carboxylic acids is 2. The molecule has 7 heteroatoms.